The predicted octanol–water partition coefficient (Wildman–Crippen LogP) is 3.79. The summed E-state index contributed by atoms with van der Waals surface area (Å²) in [6.07, 6.45) is -0.223. The topological polar surface area (TPSA) is 55.4 Å². The molecule has 1 rings (SSSR count). The van der Waals surface area contributed by atoms with Gasteiger partial charge in [-0.15, -0.1) is 0 Å². The fourth-order valence-electron chi connectivity index (χ4n) is 1.83. The van der Waals surface area contributed by atoms with Crippen LogP contribution in [0, 0.1) is 0 Å². The van der Waals surface area contributed by atoms with E-state index < -0.39 is 17.7 Å². The van der Waals surface area contributed by atoms with Gasteiger partial charge in [0.2, 0.25) is 0 Å². The van der Waals surface area contributed by atoms with Crippen molar-refractivity contribution in [3.05, 3.63) is 48.0 Å². The summed E-state index contributed by atoms with van der Waals surface area (Å²) in [5.74, 6) is -0.0834. The Morgan fingerprint density at radius 1 is 1.24 bits per heavy atom. The van der Waals surface area contributed by atoms with Crippen LogP contribution in [-0.2, 0) is 9.53 Å². The molecule has 0 aliphatic heterocycles. The van der Waals surface area contributed by atoms with Gasteiger partial charge in [-0.2, -0.15) is 0 Å². The molecule has 0 aliphatic rings. The summed E-state index contributed by atoms with van der Waals surface area (Å²) in [7, 11) is 0. The number of benzene rings is 1. The molecule has 0 saturated carbocycles. The van der Waals surface area contributed by atoms with Crippen LogP contribution in [0.5, 0.6) is 0 Å². The number of alkyl carbamates (subject to hydrolysis) is 1. The number of rotatable bonds is 5. The maximum absolute atomic E-state index is 12.0. The molecule has 0 bridgehead atoms. The van der Waals surface area contributed by atoms with Gasteiger partial charge in [-0.3, -0.25) is 4.79 Å². The van der Waals surface area contributed by atoms with E-state index in [9.17, 15) is 9.59 Å². The van der Waals surface area contributed by atoms with Crippen molar-refractivity contribution in [1.82, 2.24) is 5.32 Å². The molecule has 1 atom stereocenters. The average Bonchev–Trinajstić information content (AvgIpc) is 2.42. The molecule has 0 saturated heterocycles. The van der Waals surface area contributed by atoms with Crippen molar-refractivity contribution in [3.63, 3.8) is 0 Å². The summed E-state index contributed by atoms with van der Waals surface area (Å²) < 4.78 is 5.25. The van der Waals surface area contributed by atoms with Gasteiger partial charge in [-0.1, -0.05) is 43.8 Å². The van der Waals surface area contributed by atoms with Gasteiger partial charge in [0.25, 0.3) is 0 Å². The molecule has 114 valence electrons. The summed E-state index contributed by atoms with van der Waals surface area (Å²) >= 11 is 0. The van der Waals surface area contributed by atoms with Gasteiger partial charge in [0.05, 0.1) is 6.04 Å². The van der Waals surface area contributed by atoms with Crippen LogP contribution in [0.15, 0.2) is 42.5 Å². The average molecular weight is 289 g/mol. The Morgan fingerprint density at radius 2 is 1.81 bits per heavy atom. The van der Waals surface area contributed by atoms with Crippen molar-refractivity contribution in [2.75, 3.05) is 0 Å². The van der Waals surface area contributed by atoms with Crippen molar-refractivity contribution in [3.8, 4) is 0 Å². The first kappa shape index (κ1) is 17.0. The molecule has 0 fully saturated rings. The molecular weight excluding hydrogens is 266 g/mol. The molecule has 0 unspecified atom stereocenters. The molecule has 21 heavy (non-hydrogen) atoms. The number of carbonyl (C=O) groups excluding carboxylic acids is 2. The van der Waals surface area contributed by atoms with Crippen molar-refractivity contribution in [1.29, 1.82) is 0 Å². The van der Waals surface area contributed by atoms with Gasteiger partial charge in [-0.05, 0) is 26.3 Å². The first-order valence-electron chi connectivity index (χ1n) is 7.01. The molecule has 0 aromatic heterocycles. The van der Waals surface area contributed by atoms with E-state index in [1.54, 1.807) is 27.7 Å². The molecule has 1 amide bonds. The van der Waals surface area contributed by atoms with Crippen LogP contribution < -0.4 is 5.32 Å². The molecule has 4 heteroatoms. The van der Waals surface area contributed by atoms with E-state index in [1.165, 1.54) is 0 Å². The molecule has 0 radical (unpaired) electrons. The minimum atomic E-state index is -0.596. The van der Waals surface area contributed by atoms with Gasteiger partial charge in [-0.25, -0.2) is 4.79 Å². The van der Waals surface area contributed by atoms with Gasteiger partial charge in [0.15, 0.2) is 5.78 Å². The van der Waals surface area contributed by atoms with Crippen molar-refractivity contribution in [2.45, 2.75) is 45.8 Å². The second kappa shape index (κ2) is 7.07. The number of ether oxygens (including phenoxy) is 1. The van der Waals surface area contributed by atoms with Gasteiger partial charge < -0.3 is 10.1 Å². The number of carbonyl (C=O) groups is 2. The lowest BCUT2D eigenvalue weighted by Crippen LogP contribution is -2.36. The normalized spacial score (nSPS) is 12.4. The Bertz CT molecular complexity index is 515. The highest BCUT2D eigenvalue weighted by Gasteiger charge is 2.24. The maximum atomic E-state index is 12.0. The predicted molar refractivity (Wildman–Crippen MR) is 83.0 cm³/mol. The SMILES string of the molecule is C=C(C(=O)CC)[C@@H](NC(=O)OC(C)(C)C)c1ccccc1. The third-order valence-electron chi connectivity index (χ3n) is 2.82. The molecule has 1 N–H and O–H groups in total. The van der Waals surface area contributed by atoms with Gasteiger partial charge in [0.1, 0.15) is 5.60 Å². The summed E-state index contributed by atoms with van der Waals surface area (Å²) in [5.41, 5.74) is 0.561. The third kappa shape index (κ3) is 5.42. The summed E-state index contributed by atoms with van der Waals surface area (Å²) in [5, 5.41) is 2.72. The fraction of sp³-hybridized carbons (Fsp3) is 0.412. The smallest absolute Gasteiger partial charge is 0.408 e. The van der Waals surface area contributed by atoms with Crippen LogP contribution in [0.25, 0.3) is 0 Å². The van der Waals surface area contributed by atoms with Crippen LogP contribution in [0.2, 0.25) is 0 Å². The summed E-state index contributed by atoms with van der Waals surface area (Å²) in [4.78, 5) is 23.9. The summed E-state index contributed by atoms with van der Waals surface area (Å²) in [6, 6.07) is 8.68. The highest BCUT2D eigenvalue weighted by molar-refractivity contribution is 5.96. The molecule has 0 heterocycles. The number of Topliss-reactive ketones (excluding diaryl/α,β-unsaturated/α-hetero) is 1. The Balaban J connectivity index is 2.96. The van der Waals surface area contributed by atoms with E-state index in [0.29, 0.717) is 12.0 Å². The summed E-state index contributed by atoms with van der Waals surface area (Å²) in [6.45, 7) is 11.0. The Labute approximate surface area is 126 Å². The van der Waals surface area contributed by atoms with Gasteiger partial charge >= 0.3 is 6.09 Å². The molecule has 0 aliphatic carbocycles. The van der Waals surface area contributed by atoms with E-state index in [-0.39, 0.29) is 5.78 Å². The minimum Gasteiger partial charge on any atom is -0.444 e. The number of ketones is 1. The van der Waals surface area contributed by atoms with E-state index >= 15 is 0 Å². The van der Waals surface area contributed by atoms with Crippen LogP contribution in [0.4, 0.5) is 4.79 Å². The van der Waals surface area contributed by atoms with Crippen molar-refractivity contribution in [2.24, 2.45) is 0 Å². The lowest BCUT2D eigenvalue weighted by atomic mass is 9.96. The molecule has 4 nitrogen and oxygen atoms in total. The first-order chi connectivity index (χ1) is 9.74. The highest BCUT2D eigenvalue weighted by Crippen LogP contribution is 2.22. The van der Waals surface area contributed by atoms with Crippen LogP contribution in [-0.4, -0.2) is 17.5 Å². The van der Waals surface area contributed by atoms with Crippen LogP contribution >= 0.6 is 0 Å². The van der Waals surface area contributed by atoms with E-state index in [2.05, 4.69) is 11.9 Å². The first-order valence-corrected chi connectivity index (χ1v) is 7.01. The minimum absolute atomic E-state index is 0.0834. The lowest BCUT2D eigenvalue weighted by Gasteiger charge is -2.24. The zero-order chi connectivity index (χ0) is 16.0. The molecule has 1 aromatic rings. The largest absolute Gasteiger partial charge is 0.444 e. The maximum Gasteiger partial charge on any atom is 0.408 e. The quantitative estimate of drug-likeness (QED) is 0.839. The lowest BCUT2D eigenvalue weighted by molar-refractivity contribution is -0.115. The highest BCUT2D eigenvalue weighted by atomic mass is 16.6. The standard InChI is InChI=1S/C17H23NO3/c1-6-14(19)12(2)15(13-10-8-7-9-11-13)18-16(20)21-17(3,4)5/h7-11,15H,2,6H2,1,3-5H3,(H,18,20)/t15-/m1/s1. The van der Waals surface area contributed by atoms with Crippen molar-refractivity contribution >= 4 is 11.9 Å². The Morgan fingerprint density at radius 3 is 2.29 bits per heavy atom. The van der Waals surface area contributed by atoms with E-state index in [0.717, 1.165) is 5.56 Å². The van der Waals surface area contributed by atoms with E-state index in [1.807, 2.05) is 30.3 Å². The molecule has 1 aromatic carbocycles. The second-order valence-electron chi connectivity index (χ2n) is 5.79. The Hall–Kier alpha value is -2.10. The fourth-order valence-corrected chi connectivity index (χ4v) is 1.83. The molecule has 0 spiro atoms. The van der Waals surface area contributed by atoms with E-state index in [4.69, 9.17) is 4.74 Å². The van der Waals surface area contributed by atoms with Crippen LogP contribution in [0.1, 0.15) is 45.7 Å². The van der Waals surface area contributed by atoms with Gasteiger partial charge in [0, 0.05) is 12.0 Å². The Kier molecular flexibility index (Phi) is 5.70. The monoisotopic (exact) mass is 289 g/mol. The number of hydrogen-bond donors (Lipinski definition) is 1. The number of hydrogen-bond acceptors (Lipinski definition) is 3. The zero-order valence-corrected chi connectivity index (χ0v) is 13.1. The number of amides is 1. The third-order valence-corrected chi connectivity index (χ3v) is 2.82. The van der Waals surface area contributed by atoms with Crippen molar-refractivity contribution < 1.29 is 14.3 Å². The van der Waals surface area contributed by atoms with Crippen LogP contribution in [0.3, 0.4) is 0 Å². The molecular formula is C17H23NO3. The number of nitrogens with one attached hydrogen (secondary N) is 1. The second-order valence-corrected chi connectivity index (χ2v) is 5.79. The zero-order valence-electron chi connectivity index (χ0n) is 13.1.